The van der Waals surface area contributed by atoms with Crippen molar-refractivity contribution in [2.24, 2.45) is 50.2 Å². The van der Waals surface area contributed by atoms with Gasteiger partial charge in [0.15, 0.2) is 5.78 Å². The Kier molecular flexibility index (Phi) is 7.77. The maximum atomic E-state index is 14.6. The Balaban J connectivity index is 1.27. The summed E-state index contributed by atoms with van der Waals surface area (Å²) >= 11 is 0. The Hall–Kier alpha value is -2.89. The number of ketones is 1. The van der Waals surface area contributed by atoms with E-state index in [1.54, 1.807) is 13.2 Å². The van der Waals surface area contributed by atoms with Crippen molar-refractivity contribution in [3.05, 3.63) is 47.6 Å². The first-order chi connectivity index (χ1) is 21.4. The lowest BCUT2D eigenvalue weighted by Crippen LogP contribution is -2.66. The molecule has 9 atom stereocenters. The smallest absolute Gasteiger partial charge is 0.331 e. The molecule has 0 aliphatic heterocycles. The first-order valence-electron chi connectivity index (χ1n) is 17.5. The van der Waals surface area contributed by atoms with Crippen molar-refractivity contribution < 1.29 is 29.0 Å². The average molecular weight is 631 g/mol. The minimum absolute atomic E-state index is 0.0383. The van der Waals surface area contributed by atoms with Crippen molar-refractivity contribution in [2.45, 2.75) is 112 Å². The fourth-order valence-electron chi connectivity index (χ4n) is 11.6. The molecule has 6 rings (SSSR count). The fourth-order valence-corrected chi connectivity index (χ4v) is 11.6. The molecule has 4 fully saturated rings. The Labute approximate surface area is 275 Å². The molecular weight excluding hydrogens is 576 g/mol. The molecule has 46 heavy (non-hydrogen) atoms. The van der Waals surface area contributed by atoms with Crippen molar-refractivity contribution in [3.8, 4) is 5.75 Å². The third-order valence-electron chi connectivity index (χ3n) is 14.8. The van der Waals surface area contributed by atoms with Gasteiger partial charge in [-0.15, -0.1) is 0 Å². The Bertz CT molecular complexity index is 1490. The molecular formula is C40H54O6. The first-order valence-corrected chi connectivity index (χ1v) is 17.5. The lowest BCUT2D eigenvalue weighted by Gasteiger charge is -2.70. The number of rotatable bonds is 5. The second-order valence-electron chi connectivity index (χ2n) is 17.5. The van der Waals surface area contributed by atoms with Crippen LogP contribution in [0.1, 0.15) is 112 Å². The zero-order valence-electron chi connectivity index (χ0n) is 29.2. The molecule has 0 unspecified atom stereocenters. The number of allylic oxidation sites excluding steroid dienone is 2. The number of methoxy groups -OCH3 is 1. The number of benzene rings is 1. The third-order valence-corrected chi connectivity index (χ3v) is 14.8. The van der Waals surface area contributed by atoms with E-state index < -0.39 is 11.4 Å². The van der Waals surface area contributed by atoms with Gasteiger partial charge in [-0.3, -0.25) is 9.59 Å². The molecule has 0 bridgehead atoms. The molecule has 1 aromatic carbocycles. The van der Waals surface area contributed by atoms with Gasteiger partial charge < -0.3 is 14.6 Å². The molecule has 0 aromatic heterocycles. The number of aliphatic carboxylic acids is 1. The highest BCUT2D eigenvalue weighted by molar-refractivity contribution is 5.96. The van der Waals surface area contributed by atoms with Gasteiger partial charge >= 0.3 is 11.9 Å². The van der Waals surface area contributed by atoms with E-state index in [4.69, 9.17) is 9.47 Å². The summed E-state index contributed by atoms with van der Waals surface area (Å²) in [6.07, 6.45) is 12.9. The van der Waals surface area contributed by atoms with Gasteiger partial charge in [-0.1, -0.05) is 59.2 Å². The zero-order valence-corrected chi connectivity index (χ0v) is 29.2. The van der Waals surface area contributed by atoms with E-state index in [1.165, 1.54) is 11.6 Å². The first kappa shape index (κ1) is 33.0. The molecule has 0 heterocycles. The average Bonchev–Trinajstić information content (AvgIpc) is 2.99. The number of esters is 1. The summed E-state index contributed by atoms with van der Waals surface area (Å²) in [5, 5.41) is 10.2. The summed E-state index contributed by atoms with van der Waals surface area (Å²) in [6.45, 7) is 15.9. The van der Waals surface area contributed by atoms with Crippen molar-refractivity contribution in [1.29, 1.82) is 0 Å². The monoisotopic (exact) mass is 630 g/mol. The molecule has 250 valence electrons. The number of carboxylic acid groups (broad SMARTS) is 1. The third kappa shape index (κ3) is 4.74. The quantitative estimate of drug-likeness (QED) is 0.259. The standard InChI is InChI=1S/C40H54O6/c1-35(2)30-15-18-40(7)33(38(30,5)17-16-31(35)46-32(42)14-11-25-9-12-26(45-8)13-10-25)29(41)23-27-28-24-37(4,34(43)44)20-19-36(28,3)21-22-39(27,40)6/h9-14,23,28,30-31,33H,15-22,24H2,1-8H3,(H,43,44)/b14-11+/t28-,30+,31+,33-,36-,37+,38+,39-,40-/m1/s1. The Morgan fingerprint density at radius 2 is 1.57 bits per heavy atom. The predicted molar refractivity (Wildman–Crippen MR) is 179 cm³/mol. The van der Waals surface area contributed by atoms with Crippen LogP contribution in [0.4, 0.5) is 0 Å². The molecule has 5 aliphatic carbocycles. The number of carbonyl (C=O) groups is 3. The number of carbonyl (C=O) groups excluding carboxylic acids is 2. The van der Waals surface area contributed by atoms with Crippen LogP contribution in [0.3, 0.4) is 0 Å². The molecule has 5 aliphatic rings. The number of fused-ring (bicyclic) bond motifs is 7. The van der Waals surface area contributed by atoms with E-state index in [-0.39, 0.29) is 62.7 Å². The molecule has 0 saturated heterocycles. The minimum atomic E-state index is -0.753. The predicted octanol–water partition coefficient (Wildman–Crippen LogP) is 8.69. The van der Waals surface area contributed by atoms with Crippen molar-refractivity contribution in [3.63, 3.8) is 0 Å². The molecule has 1 aromatic rings. The normalized spacial score (nSPS) is 43.0. The van der Waals surface area contributed by atoms with Gasteiger partial charge in [-0.25, -0.2) is 4.79 Å². The lowest BCUT2D eigenvalue weighted by molar-refractivity contribution is -0.209. The van der Waals surface area contributed by atoms with Gasteiger partial charge in [0, 0.05) is 17.4 Å². The van der Waals surface area contributed by atoms with E-state index in [9.17, 15) is 19.5 Å². The maximum Gasteiger partial charge on any atom is 0.331 e. The van der Waals surface area contributed by atoms with Crippen LogP contribution in [-0.4, -0.2) is 36.0 Å². The molecule has 0 spiro atoms. The Morgan fingerprint density at radius 1 is 0.891 bits per heavy atom. The van der Waals surface area contributed by atoms with Gasteiger partial charge in [-0.05, 0) is 128 Å². The number of ether oxygens (including phenoxy) is 2. The maximum absolute atomic E-state index is 14.6. The van der Waals surface area contributed by atoms with E-state index in [2.05, 4.69) is 41.5 Å². The topological polar surface area (TPSA) is 89.9 Å². The number of hydrogen-bond donors (Lipinski definition) is 1. The van der Waals surface area contributed by atoms with E-state index in [0.29, 0.717) is 12.8 Å². The van der Waals surface area contributed by atoms with Gasteiger partial charge in [0.05, 0.1) is 12.5 Å². The van der Waals surface area contributed by atoms with Crippen molar-refractivity contribution in [1.82, 2.24) is 0 Å². The Morgan fingerprint density at radius 3 is 2.22 bits per heavy atom. The van der Waals surface area contributed by atoms with E-state index in [0.717, 1.165) is 56.3 Å². The van der Waals surface area contributed by atoms with Gasteiger partial charge in [0.1, 0.15) is 11.9 Å². The van der Waals surface area contributed by atoms with Crippen LogP contribution in [0, 0.1) is 50.2 Å². The highest BCUT2D eigenvalue weighted by Crippen LogP contribution is 2.75. The largest absolute Gasteiger partial charge is 0.497 e. The van der Waals surface area contributed by atoms with Gasteiger partial charge in [-0.2, -0.15) is 0 Å². The molecule has 6 heteroatoms. The molecule has 4 saturated carbocycles. The summed E-state index contributed by atoms with van der Waals surface area (Å²) in [7, 11) is 1.63. The summed E-state index contributed by atoms with van der Waals surface area (Å²) in [5.41, 5.74) is 0.557. The summed E-state index contributed by atoms with van der Waals surface area (Å²) in [6, 6.07) is 7.55. The highest BCUT2D eigenvalue weighted by Gasteiger charge is 2.70. The van der Waals surface area contributed by atoms with Crippen LogP contribution in [0.5, 0.6) is 5.75 Å². The van der Waals surface area contributed by atoms with Crippen LogP contribution in [0.2, 0.25) is 0 Å². The fraction of sp³-hybridized carbons (Fsp3) is 0.675. The van der Waals surface area contributed by atoms with Gasteiger partial charge in [0.25, 0.3) is 0 Å². The van der Waals surface area contributed by atoms with Crippen LogP contribution in [-0.2, 0) is 19.1 Å². The van der Waals surface area contributed by atoms with Gasteiger partial charge in [0.2, 0.25) is 0 Å². The SMILES string of the molecule is COc1ccc(/C=C/C(=O)O[C@H]2CC[C@]3(C)[C@H]4C(=O)C=C5[C@H]6C[C@@](C)(C(=O)O)CC[C@]6(C)CC[C@@]5(C)[C@]4(C)CC[C@H]3C2(C)C)cc1. The minimum Gasteiger partial charge on any atom is -0.497 e. The van der Waals surface area contributed by atoms with Crippen molar-refractivity contribution in [2.75, 3.05) is 7.11 Å². The molecule has 1 N–H and O–H groups in total. The lowest BCUT2D eigenvalue weighted by atomic mass is 9.33. The van der Waals surface area contributed by atoms with E-state index in [1.807, 2.05) is 37.3 Å². The highest BCUT2D eigenvalue weighted by atomic mass is 16.5. The summed E-state index contributed by atoms with van der Waals surface area (Å²) in [5.74, 6) is 0.197. The molecule has 6 nitrogen and oxygen atoms in total. The van der Waals surface area contributed by atoms with E-state index >= 15 is 0 Å². The second-order valence-corrected chi connectivity index (χ2v) is 17.5. The van der Waals surface area contributed by atoms with Crippen LogP contribution in [0.25, 0.3) is 6.08 Å². The summed E-state index contributed by atoms with van der Waals surface area (Å²) in [4.78, 5) is 40.1. The summed E-state index contributed by atoms with van der Waals surface area (Å²) < 4.78 is 11.4. The number of carboxylic acids is 1. The number of hydrogen-bond acceptors (Lipinski definition) is 5. The van der Waals surface area contributed by atoms with Crippen molar-refractivity contribution >= 4 is 23.8 Å². The molecule has 0 amide bonds. The molecule has 0 radical (unpaired) electrons. The van der Waals surface area contributed by atoms with Crippen LogP contribution in [0.15, 0.2) is 42.0 Å². The zero-order chi connectivity index (χ0) is 33.5. The van der Waals surface area contributed by atoms with Crippen LogP contribution >= 0.6 is 0 Å². The van der Waals surface area contributed by atoms with Crippen LogP contribution < -0.4 is 4.74 Å². The second kappa shape index (κ2) is 10.8.